The van der Waals surface area contributed by atoms with Gasteiger partial charge in [-0.1, -0.05) is 32.4 Å². The Morgan fingerprint density at radius 3 is 2.26 bits per heavy atom. The molecule has 0 bridgehead atoms. The molecule has 1 atom stereocenters. The van der Waals surface area contributed by atoms with E-state index in [0.29, 0.717) is 35.3 Å². The van der Waals surface area contributed by atoms with Gasteiger partial charge in [0.05, 0.1) is 13.2 Å². The second-order valence-electron chi connectivity index (χ2n) is 6.83. The molecule has 0 aliphatic carbocycles. The van der Waals surface area contributed by atoms with E-state index in [0.717, 1.165) is 5.57 Å². The minimum atomic E-state index is -0.485. The first-order valence-electron chi connectivity index (χ1n) is 8.04. The van der Waals surface area contributed by atoms with Crippen molar-refractivity contribution in [2.75, 3.05) is 7.11 Å². The second-order valence-corrected chi connectivity index (χ2v) is 6.83. The van der Waals surface area contributed by atoms with Crippen molar-refractivity contribution < 1.29 is 20.1 Å². The molecular formula is C19H30O4. The Bertz CT molecular complexity index is 598. The molecule has 0 fully saturated rings. The van der Waals surface area contributed by atoms with Crippen molar-refractivity contribution >= 4 is 0 Å². The van der Waals surface area contributed by atoms with Crippen LogP contribution in [0.2, 0.25) is 0 Å². The van der Waals surface area contributed by atoms with Crippen molar-refractivity contribution in [1.29, 1.82) is 0 Å². The normalized spacial score (nSPS) is 14.0. The van der Waals surface area contributed by atoms with Crippen LogP contribution in [0.15, 0.2) is 11.6 Å². The predicted molar refractivity (Wildman–Crippen MR) is 93.5 cm³/mol. The van der Waals surface area contributed by atoms with Gasteiger partial charge < -0.3 is 20.1 Å². The fourth-order valence-corrected chi connectivity index (χ4v) is 3.42. The minimum Gasteiger partial charge on any atom is -0.507 e. The second kappa shape index (κ2) is 7.26. The number of benzene rings is 1. The van der Waals surface area contributed by atoms with Gasteiger partial charge in [0.15, 0.2) is 11.5 Å². The highest BCUT2D eigenvalue weighted by Gasteiger charge is 2.30. The largest absolute Gasteiger partial charge is 0.507 e. The molecule has 0 heterocycles. The highest BCUT2D eigenvalue weighted by atomic mass is 16.5. The van der Waals surface area contributed by atoms with E-state index in [1.54, 1.807) is 13.8 Å². The molecule has 0 amide bonds. The predicted octanol–water partition coefficient (Wildman–Crippen LogP) is 3.97. The summed E-state index contributed by atoms with van der Waals surface area (Å²) in [6.45, 7) is 11.4. The number of aliphatic hydroxyl groups is 1. The standard InChI is InChI=1S/C19H30O4/c1-8-14-17(22)15(13(4)16(21)18(14)23-7)19(5,6)10-11(2)9-12(3)20/h10,12,20-22H,8-9H2,1-7H3/b11-10+. The van der Waals surface area contributed by atoms with Gasteiger partial charge >= 0.3 is 0 Å². The van der Waals surface area contributed by atoms with Crippen LogP contribution in [0.4, 0.5) is 0 Å². The third-order valence-corrected chi connectivity index (χ3v) is 4.17. The fraction of sp³-hybridized carbons (Fsp3) is 0.579. The summed E-state index contributed by atoms with van der Waals surface area (Å²) in [6, 6.07) is 0. The molecule has 1 aromatic carbocycles. The summed E-state index contributed by atoms with van der Waals surface area (Å²) in [4.78, 5) is 0. The van der Waals surface area contributed by atoms with Crippen LogP contribution in [0.3, 0.4) is 0 Å². The maximum atomic E-state index is 10.8. The van der Waals surface area contributed by atoms with Gasteiger partial charge in [-0.3, -0.25) is 0 Å². The Hall–Kier alpha value is -1.68. The van der Waals surface area contributed by atoms with Crippen LogP contribution in [0.1, 0.15) is 57.7 Å². The van der Waals surface area contributed by atoms with E-state index in [1.165, 1.54) is 7.11 Å². The summed E-state index contributed by atoms with van der Waals surface area (Å²) in [5.41, 5.74) is 2.47. The molecule has 1 rings (SSSR count). The SMILES string of the molecule is CCc1c(O)c(C(C)(C)/C=C(\C)CC(C)O)c(C)c(O)c1OC. The van der Waals surface area contributed by atoms with Crippen LogP contribution in [0.25, 0.3) is 0 Å². The van der Waals surface area contributed by atoms with Crippen molar-refractivity contribution in [1.82, 2.24) is 0 Å². The zero-order valence-corrected chi connectivity index (χ0v) is 15.3. The van der Waals surface area contributed by atoms with E-state index in [2.05, 4.69) is 0 Å². The number of methoxy groups -OCH3 is 1. The van der Waals surface area contributed by atoms with Crippen LogP contribution < -0.4 is 4.74 Å². The molecule has 0 saturated heterocycles. The smallest absolute Gasteiger partial charge is 0.167 e. The lowest BCUT2D eigenvalue weighted by atomic mass is 9.78. The number of hydrogen-bond acceptors (Lipinski definition) is 4. The number of ether oxygens (including phenoxy) is 1. The zero-order chi connectivity index (χ0) is 17.9. The van der Waals surface area contributed by atoms with Gasteiger partial charge in [0, 0.05) is 22.1 Å². The molecule has 1 unspecified atom stereocenters. The van der Waals surface area contributed by atoms with E-state index in [-0.39, 0.29) is 11.5 Å². The topological polar surface area (TPSA) is 69.9 Å². The number of aliphatic hydroxyl groups excluding tert-OH is 1. The maximum absolute atomic E-state index is 10.8. The van der Waals surface area contributed by atoms with Gasteiger partial charge in [-0.15, -0.1) is 0 Å². The van der Waals surface area contributed by atoms with E-state index >= 15 is 0 Å². The number of aromatic hydroxyl groups is 2. The van der Waals surface area contributed by atoms with Gasteiger partial charge in [-0.05, 0) is 33.6 Å². The summed E-state index contributed by atoms with van der Waals surface area (Å²) in [7, 11) is 1.49. The fourth-order valence-electron chi connectivity index (χ4n) is 3.42. The zero-order valence-electron chi connectivity index (χ0n) is 15.3. The first-order chi connectivity index (χ1) is 10.6. The lowest BCUT2D eigenvalue weighted by Gasteiger charge is -2.28. The van der Waals surface area contributed by atoms with Crippen molar-refractivity contribution in [3.63, 3.8) is 0 Å². The van der Waals surface area contributed by atoms with Crippen molar-refractivity contribution in [2.45, 2.75) is 65.9 Å². The molecule has 0 aliphatic rings. The molecule has 4 heteroatoms. The molecule has 23 heavy (non-hydrogen) atoms. The van der Waals surface area contributed by atoms with Crippen LogP contribution >= 0.6 is 0 Å². The highest BCUT2D eigenvalue weighted by Crippen LogP contribution is 2.47. The van der Waals surface area contributed by atoms with E-state index in [1.807, 2.05) is 33.8 Å². The van der Waals surface area contributed by atoms with Gasteiger partial charge in [-0.2, -0.15) is 0 Å². The Labute approximate surface area is 139 Å². The average Bonchev–Trinajstić information content (AvgIpc) is 2.40. The van der Waals surface area contributed by atoms with Crippen LogP contribution in [-0.4, -0.2) is 28.5 Å². The van der Waals surface area contributed by atoms with Crippen molar-refractivity contribution in [3.05, 3.63) is 28.3 Å². The van der Waals surface area contributed by atoms with Gasteiger partial charge in [0.1, 0.15) is 5.75 Å². The third kappa shape index (κ3) is 3.99. The van der Waals surface area contributed by atoms with E-state index in [9.17, 15) is 15.3 Å². The number of allylic oxidation sites excluding steroid dienone is 1. The van der Waals surface area contributed by atoms with Crippen LogP contribution in [-0.2, 0) is 11.8 Å². The monoisotopic (exact) mass is 322 g/mol. The molecular weight excluding hydrogens is 292 g/mol. The number of hydrogen-bond donors (Lipinski definition) is 3. The molecule has 4 nitrogen and oxygen atoms in total. The minimum absolute atomic E-state index is 0.0757. The molecule has 0 aliphatic heterocycles. The maximum Gasteiger partial charge on any atom is 0.167 e. The Morgan fingerprint density at radius 2 is 1.83 bits per heavy atom. The van der Waals surface area contributed by atoms with Crippen LogP contribution in [0.5, 0.6) is 17.2 Å². The quantitative estimate of drug-likeness (QED) is 0.547. The summed E-state index contributed by atoms with van der Waals surface area (Å²) < 4.78 is 5.27. The molecule has 0 radical (unpaired) electrons. The molecule has 0 spiro atoms. The molecule has 3 N–H and O–H groups in total. The number of phenols is 2. The van der Waals surface area contributed by atoms with Gasteiger partial charge in [0.2, 0.25) is 0 Å². The lowest BCUT2D eigenvalue weighted by molar-refractivity contribution is 0.195. The summed E-state index contributed by atoms with van der Waals surface area (Å²) >= 11 is 0. The summed E-state index contributed by atoms with van der Waals surface area (Å²) in [5, 5.41) is 30.8. The van der Waals surface area contributed by atoms with Gasteiger partial charge in [0.25, 0.3) is 0 Å². The Morgan fingerprint density at radius 1 is 1.26 bits per heavy atom. The molecule has 0 aromatic heterocycles. The summed E-state index contributed by atoms with van der Waals surface area (Å²) in [5.74, 6) is 0.587. The molecule has 130 valence electrons. The first kappa shape index (κ1) is 19.4. The van der Waals surface area contributed by atoms with E-state index in [4.69, 9.17) is 4.74 Å². The third-order valence-electron chi connectivity index (χ3n) is 4.17. The Kier molecular flexibility index (Phi) is 6.11. The van der Waals surface area contributed by atoms with Crippen LogP contribution in [0, 0.1) is 6.92 Å². The Balaban J connectivity index is 3.56. The first-order valence-corrected chi connectivity index (χ1v) is 8.04. The summed E-state index contributed by atoms with van der Waals surface area (Å²) in [6.07, 6.45) is 2.76. The lowest BCUT2D eigenvalue weighted by Crippen LogP contribution is -2.18. The average molecular weight is 322 g/mol. The highest BCUT2D eigenvalue weighted by molar-refractivity contribution is 5.64. The van der Waals surface area contributed by atoms with Crippen molar-refractivity contribution in [2.24, 2.45) is 0 Å². The number of rotatable bonds is 6. The van der Waals surface area contributed by atoms with Crippen molar-refractivity contribution in [3.8, 4) is 17.2 Å². The van der Waals surface area contributed by atoms with Gasteiger partial charge in [-0.25, -0.2) is 0 Å². The number of phenolic OH excluding ortho intramolecular Hbond substituents is 2. The van der Waals surface area contributed by atoms with E-state index < -0.39 is 11.5 Å². The molecule has 0 saturated carbocycles. The molecule has 1 aromatic rings.